The Morgan fingerprint density at radius 1 is 1.35 bits per heavy atom. The maximum absolute atomic E-state index is 14.0. The van der Waals surface area contributed by atoms with Crippen molar-refractivity contribution in [1.82, 2.24) is 9.88 Å². The van der Waals surface area contributed by atoms with Crippen LogP contribution >= 0.6 is 0 Å². The molecular weight excluding hydrogens is 335 g/mol. The van der Waals surface area contributed by atoms with E-state index in [1.165, 1.54) is 23.6 Å². The first-order valence-electron chi connectivity index (χ1n) is 8.66. The molecule has 0 unspecified atom stereocenters. The fourth-order valence-electron chi connectivity index (χ4n) is 3.16. The number of rotatable bonds is 6. The highest BCUT2D eigenvalue weighted by Crippen LogP contribution is 2.48. The van der Waals surface area contributed by atoms with E-state index in [1.807, 2.05) is 0 Å². The third kappa shape index (κ3) is 3.70. The number of benzene rings is 1. The van der Waals surface area contributed by atoms with Crippen LogP contribution in [0.25, 0.3) is 0 Å². The topological polar surface area (TPSA) is 71.3 Å². The first kappa shape index (κ1) is 18.3. The van der Waals surface area contributed by atoms with Crippen LogP contribution in [-0.2, 0) is 16.8 Å². The number of hydrogen-bond acceptors (Lipinski definition) is 3. The molecule has 0 bridgehead atoms. The normalized spacial score (nSPS) is 17.4. The van der Waals surface area contributed by atoms with Gasteiger partial charge in [-0.15, -0.1) is 0 Å². The molecule has 1 amide bonds. The number of halogens is 1. The van der Waals surface area contributed by atoms with Crippen molar-refractivity contribution in [1.29, 1.82) is 0 Å². The summed E-state index contributed by atoms with van der Waals surface area (Å²) in [5.41, 5.74) is -1.02. The SMILES string of the molecule is Cc1ccn(C[C@@](C)(O)C(=O)NCC2(c3ccccc3F)CC2)c(=O)c1. The summed E-state index contributed by atoms with van der Waals surface area (Å²) in [6.07, 6.45) is 3.13. The average molecular weight is 358 g/mol. The third-order valence-corrected chi connectivity index (χ3v) is 5.01. The average Bonchev–Trinajstić information content (AvgIpc) is 3.36. The Morgan fingerprint density at radius 2 is 2.04 bits per heavy atom. The molecule has 1 aliphatic carbocycles. The standard InChI is InChI=1S/C20H23FN2O3/c1-14-7-10-23(17(24)11-14)13-19(2,26)18(25)22-12-20(8-9-20)15-5-3-4-6-16(15)21/h3-7,10-11,26H,8-9,12-13H2,1-2H3,(H,22,25)/t19-/m1/s1. The number of nitrogens with one attached hydrogen (secondary N) is 1. The molecule has 1 aromatic heterocycles. The van der Waals surface area contributed by atoms with Crippen molar-refractivity contribution in [3.05, 3.63) is 69.9 Å². The van der Waals surface area contributed by atoms with Crippen LogP contribution in [-0.4, -0.2) is 27.7 Å². The van der Waals surface area contributed by atoms with E-state index in [0.29, 0.717) is 5.56 Å². The lowest BCUT2D eigenvalue weighted by Crippen LogP contribution is -2.50. The molecule has 0 aliphatic heterocycles. The summed E-state index contributed by atoms with van der Waals surface area (Å²) in [6.45, 7) is 3.28. The largest absolute Gasteiger partial charge is 0.378 e. The molecule has 0 radical (unpaired) electrons. The lowest BCUT2D eigenvalue weighted by Gasteiger charge is -2.25. The van der Waals surface area contributed by atoms with Gasteiger partial charge in [-0.3, -0.25) is 9.59 Å². The Kier molecular flexibility index (Phi) is 4.71. The predicted octanol–water partition coefficient (Wildman–Crippen LogP) is 1.89. The molecule has 2 aromatic rings. The minimum absolute atomic E-state index is 0.148. The van der Waals surface area contributed by atoms with E-state index < -0.39 is 16.9 Å². The second-order valence-corrected chi connectivity index (χ2v) is 7.39. The maximum Gasteiger partial charge on any atom is 0.253 e. The second-order valence-electron chi connectivity index (χ2n) is 7.39. The molecule has 1 saturated carbocycles. The van der Waals surface area contributed by atoms with Gasteiger partial charge in [0.15, 0.2) is 5.60 Å². The van der Waals surface area contributed by atoms with Crippen molar-refractivity contribution >= 4 is 5.91 Å². The van der Waals surface area contributed by atoms with E-state index in [0.717, 1.165) is 18.4 Å². The van der Waals surface area contributed by atoms with Gasteiger partial charge in [0.05, 0.1) is 6.54 Å². The van der Waals surface area contributed by atoms with Gasteiger partial charge in [0, 0.05) is 24.2 Å². The van der Waals surface area contributed by atoms with E-state index in [-0.39, 0.29) is 24.5 Å². The van der Waals surface area contributed by atoms with Crippen molar-refractivity contribution in [2.24, 2.45) is 0 Å². The quantitative estimate of drug-likeness (QED) is 0.828. The van der Waals surface area contributed by atoms with Gasteiger partial charge in [0.1, 0.15) is 5.82 Å². The highest BCUT2D eigenvalue weighted by molar-refractivity contribution is 5.84. The van der Waals surface area contributed by atoms with E-state index in [2.05, 4.69) is 5.32 Å². The Hall–Kier alpha value is -2.47. The second kappa shape index (κ2) is 6.68. The fraction of sp³-hybridized carbons (Fsp3) is 0.400. The Bertz CT molecular complexity index is 885. The van der Waals surface area contributed by atoms with E-state index in [9.17, 15) is 19.1 Å². The van der Waals surface area contributed by atoms with Crippen LogP contribution < -0.4 is 10.9 Å². The molecule has 5 nitrogen and oxygen atoms in total. The molecule has 138 valence electrons. The Morgan fingerprint density at radius 3 is 2.65 bits per heavy atom. The van der Waals surface area contributed by atoms with Crippen LogP contribution in [0.4, 0.5) is 4.39 Å². The first-order valence-corrected chi connectivity index (χ1v) is 8.66. The summed E-state index contributed by atoms with van der Waals surface area (Å²) >= 11 is 0. The number of aryl methyl sites for hydroxylation is 1. The molecule has 1 atom stereocenters. The van der Waals surface area contributed by atoms with Gasteiger partial charge >= 0.3 is 0 Å². The zero-order chi connectivity index (χ0) is 18.9. The van der Waals surface area contributed by atoms with Gasteiger partial charge in [-0.2, -0.15) is 0 Å². The van der Waals surface area contributed by atoms with Gasteiger partial charge in [0.25, 0.3) is 11.5 Å². The minimum atomic E-state index is -1.75. The maximum atomic E-state index is 14.0. The van der Waals surface area contributed by atoms with Gasteiger partial charge in [-0.05, 0) is 49.9 Å². The van der Waals surface area contributed by atoms with E-state index in [4.69, 9.17) is 0 Å². The highest BCUT2D eigenvalue weighted by Gasteiger charge is 2.46. The molecule has 0 spiro atoms. The molecule has 2 N–H and O–H groups in total. The predicted molar refractivity (Wildman–Crippen MR) is 96.4 cm³/mol. The summed E-state index contributed by atoms with van der Waals surface area (Å²) in [4.78, 5) is 24.4. The molecule has 3 rings (SSSR count). The van der Waals surface area contributed by atoms with Crippen LogP contribution in [0.3, 0.4) is 0 Å². The van der Waals surface area contributed by atoms with Crippen LogP contribution in [0.15, 0.2) is 47.4 Å². The number of carbonyl (C=O) groups is 1. The summed E-state index contributed by atoms with van der Waals surface area (Å²) in [5.74, 6) is -0.857. The summed E-state index contributed by atoms with van der Waals surface area (Å²) < 4.78 is 15.3. The zero-order valence-corrected chi connectivity index (χ0v) is 15.0. The van der Waals surface area contributed by atoms with Gasteiger partial charge < -0.3 is 15.0 Å². The number of nitrogens with zero attached hydrogens (tertiary/aromatic N) is 1. The number of hydrogen-bond donors (Lipinski definition) is 2. The van der Waals surface area contributed by atoms with Crippen molar-refractivity contribution in [2.45, 2.75) is 44.2 Å². The lowest BCUT2D eigenvalue weighted by molar-refractivity contribution is -0.139. The molecule has 0 saturated heterocycles. The van der Waals surface area contributed by atoms with Gasteiger partial charge in [0.2, 0.25) is 0 Å². The summed E-state index contributed by atoms with van der Waals surface area (Å²) in [7, 11) is 0. The summed E-state index contributed by atoms with van der Waals surface area (Å²) in [5, 5.41) is 13.3. The smallest absolute Gasteiger partial charge is 0.253 e. The van der Waals surface area contributed by atoms with Gasteiger partial charge in [-0.25, -0.2) is 4.39 Å². The molecule has 1 fully saturated rings. The number of aliphatic hydroxyl groups is 1. The monoisotopic (exact) mass is 358 g/mol. The Balaban J connectivity index is 1.67. The molecular formula is C20H23FN2O3. The van der Waals surface area contributed by atoms with Crippen LogP contribution in [0.5, 0.6) is 0 Å². The van der Waals surface area contributed by atoms with Crippen LogP contribution in [0, 0.1) is 12.7 Å². The number of carbonyl (C=O) groups excluding carboxylic acids is 1. The van der Waals surface area contributed by atoms with Crippen molar-refractivity contribution in [2.75, 3.05) is 6.54 Å². The van der Waals surface area contributed by atoms with E-state index in [1.54, 1.807) is 37.4 Å². The summed E-state index contributed by atoms with van der Waals surface area (Å²) in [6, 6.07) is 9.76. The van der Waals surface area contributed by atoms with Crippen molar-refractivity contribution in [3.63, 3.8) is 0 Å². The number of pyridine rings is 1. The Labute approximate surface area is 151 Å². The third-order valence-electron chi connectivity index (χ3n) is 5.01. The molecule has 1 aromatic carbocycles. The fourth-order valence-corrected chi connectivity index (χ4v) is 3.16. The van der Waals surface area contributed by atoms with Gasteiger partial charge in [-0.1, -0.05) is 18.2 Å². The molecule has 6 heteroatoms. The first-order chi connectivity index (χ1) is 12.2. The van der Waals surface area contributed by atoms with E-state index >= 15 is 0 Å². The number of aromatic nitrogens is 1. The highest BCUT2D eigenvalue weighted by atomic mass is 19.1. The van der Waals surface area contributed by atoms with Crippen LogP contribution in [0.2, 0.25) is 0 Å². The lowest BCUT2D eigenvalue weighted by atomic mass is 9.94. The van der Waals surface area contributed by atoms with Crippen LogP contribution in [0.1, 0.15) is 30.9 Å². The minimum Gasteiger partial charge on any atom is -0.378 e. The molecule has 1 aliphatic rings. The van der Waals surface area contributed by atoms with Crippen molar-refractivity contribution in [3.8, 4) is 0 Å². The van der Waals surface area contributed by atoms with Crippen molar-refractivity contribution < 1.29 is 14.3 Å². The molecule has 1 heterocycles. The zero-order valence-electron chi connectivity index (χ0n) is 15.0. The molecule has 26 heavy (non-hydrogen) atoms. The number of amides is 1.